The molecule has 2 aromatic carbocycles. The van der Waals surface area contributed by atoms with Crippen LogP contribution in [0.15, 0.2) is 48.5 Å². The van der Waals surface area contributed by atoms with Crippen LogP contribution >= 0.6 is 0 Å². The molecule has 6 nitrogen and oxygen atoms in total. The van der Waals surface area contributed by atoms with Crippen molar-refractivity contribution in [2.45, 2.75) is 12.8 Å². The van der Waals surface area contributed by atoms with Gasteiger partial charge >= 0.3 is 0 Å². The standard InChI is InChI=1S/C19H23FN2O4S/c1-26-16-9-5-7-15(13-16)8-6-12-21-19(23)14-22(27(2,24)25)18-11-4-3-10-17(18)20/h3-5,7,9-11,13H,6,8,12,14H2,1-2H3,(H,21,23). The van der Waals surface area contributed by atoms with E-state index in [1.54, 1.807) is 7.11 Å². The predicted molar refractivity (Wildman–Crippen MR) is 103 cm³/mol. The van der Waals surface area contributed by atoms with Crippen molar-refractivity contribution >= 4 is 21.6 Å². The summed E-state index contributed by atoms with van der Waals surface area (Å²) in [6, 6.07) is 13.1. The second-order valence-corrected chi connectivity index (χ2v) is 7.93. The maximum Gasteiger partial charge on any atom is 0.240 e. The van der Waals surface area contributed by atoms with E-state index in [0.29, 0.717) is 13.0 Å². The molecule has 0 spiro atoms. The lowest BCUT2D eigenvalue weighted by molar-refractivity contribution is -0.119. The summed E-state index contributed by atoms with van der Waals surface area (Å²) >= 11 is 0. The van der Waals surface area contributed by atoms with Crippen LogP contribution in [0.5, 0.6) is 5.75 Å². The number of nitrogens with one attached hydrogen (secondary N) is 1. The number of ether oxygens (including phenoxy) is 1. The fourth-order valence-corrected chi connectivity index (χ4v) is 3.43. The van der Waals surface area contributed by atoms with E-state index in [1.165, 1.54) is 18.2 Å². The van der Waals surface area contributed by atoms with Gasteiger partial charge < -0.3 is 10.1 Å². The first kappa shape index (κ1) is 20.7. The SMILES string of the molecule is COc1cccc(CCCNC(=O)CN(c2ccccc2F)S(C)(=O)=O)c1. The molecule has 2 rings (SSSR count). The van der Waals surface area contributed by atoms with Crippen molar-refractivity contribution in [1.29, 1.82) is 0 Å². The molecule has 0 aliphatic carbocycles. The summed E-state index contributed by atoms with van der Waals surface area (Å²) in [6.45, 7) is -0.0934. The van der Waals surface area contributed by atoms with Gasteiger partial charge in [0.1, 0.15) is 18.1 Å². The van der Waals surface area contributed by atoms with Crippen molar-refractivity contribution in [2.75, 3.05) is 30.8 Å². The lowest BCUT2D eigenvalue weighted by atomic mass is 10.1. The van der Waals surface area contributed by atoms with Crippen LogP contribution in [0.4, 0.5) is 10.1 Å². The fourth-order valence-electron chi connectivity index (χ4n) is 2.57. The highest BCUT2D eigenvalue weighted by atomic mass is 32.2. The first-order chi connectivity index (χ1) is 12.8. The predicted octanol–water partition coefficient (Wildman–Crippen LogP) is 2.35. The third-order valence-electron chi connectivity index (χ3n) is 3.91. The van der Waals surface area contributed by atoms with Crippen molar-refractivity contribution in [3.63, 3.8) is 0 Å². The second-order valence-electron chi connectivity index (χ2n) is 6.03. The number of methoxy groups -OCH3 is 1. The molecule has 0 unspecified atom stereocenters. The number of benzene rings is 2. The molecule has 1 N–H and O–H groups in total. The molecule has 0 atom stereocenters. The van der Waals surface area contributed by atoms with E-state index in [1.807, 2.05) is 24.3 Å². The molecule has 2 aromatic rings. The Balaban J connectivity index is 1.90. The van der Waals surface area contributed by atoms with Gasteiger partial charge in [-0.3, -0.25) is 9.10 Å². The molecule has 0 radical (unpaired) electrons. The number of carbonyl (C=O) groups is 1. The van der Waals surface area contributed by atoms with Crippen molar-refractivity contribution in [1.82, 2.24) is 5.32 Å². The van der Waals surface area contributed by atoms with Gasteiger partial charge in [-0.05, 0) is 42.7 Å². The number of nitrogens with zero attached hydrogens (tertiary/aromatic N) is 1. The number of halogens is 1. The van der Waals surface area contributed by atoms with E-state index >= 15 is 0 Å². The van der Waals surface area contributed by atoms with Gasteiger partial charge in [-0.25, -0.2) is 12.8 Å². The number of carbonyl (C=O) groups excluding carboxylic acids is 1. The fraction of sp³-hybridized carbons (Fsp3) is 0.316. The van der Waals surface area contributed by atoms with E-state index in [4.69, 9.17) is 4.74 Å². The number of para-hydroxylation sites is 1. The van der Waals surface area contributed by atoms with Gasteiger partial charge in [0, 0.05) is 6.54 Å². The number of aryl methyl sites for hydroxylation is 1. The average molecular weight is 394 g/mol. The summed E-state index contributed by atoms with van der Waals surface area (Å²) in [5.74, 6) is -0.423. The van der Waals surface area contributed by atoms with Crippen LogP contribution in [0.1, 0.15) is 12.0 Å². The number of hydrogen-bond donors (Lipinski definition) is 1. The molecule has 8 heteroatoms. The third kappa shape index (κ3) is 6.25. The first-order valence-corrected chi connectivity index (χ1v) is 10.3. The summed E-state index contributed by atoms with van der Waals surface area (Å²) in [5.41, 5.74) is 0.930. The Kier molecular flexibility index (Phi) is 7.18. The largest absolute Gasteiger partial charge is 0.497 e. The summed E-state index contributed by atoms with van der Waals surface area (Å²) in [5, 5.41) is 2.67. The van der Waals surface area contributed by atoms with Crippen LogP contribution < -0.4 is 14.4 Å². The number of rotatable bonds is 9. The van der Waals surface area contributed by atoms with Gasteiger partial charge in [0.15, 0.2) is 0 Å². The van der Waals surface area contributed by atoms with Crippen LogP contribution in [0.3, 0.4) is 0 Å². The molecular formula is C19H23FN2O4S. The maximum atomic E-state index is 13.9. The van der Waals surface area contributed by atoms with Crippen LogP contribution in [-0.2, 0) is 21.2 Å². The van der Waals surface area contributed by atoms with E-state index in [9.17, 15) is 17.6 Å². The minimum absolute atomic E-state index is 0.147. The second kappa shape index (κ2) is 9.36. The van der Waals surface area contributed by atoms with Gasteiger partial charge in [-0.15, -0.1) is 0 Å². The normalized spacial score (nSPS) is 11.1. The van der Waals surface area contributed by atoms with E-state index in [0.717, 1.165) is 34.4 Å². The molecule has 0 aliphatic rings. The molecule has 0 fully saturated rings. The molecule has 146 valence electrons. The lowest BCUT2D eigenvalue weighted by Crippen LogP contribution is -2.41. The van der Waals surface area contributed by atoms with E-state index < -0.39 is 28.3 Å². The van der Waals surface area contributed by atoms with Gasteiger partial charge in [-0.1, -0.05) is 24.3 Å². The number of amides is 1. The summed E-state index contributed by atoms with van der Waals surface area (Å²) in [6.07, 6.45) is 2.35. The highest BCUT2D eigenvalue weighted by Crippen LogP contribution is 2.21. The van der Waals surface area contributed by atoms with Gasteiger partial charge in [0.05, 0.1) is 19.1 Å². The van der Waals surface area contributed by atoms with Crippen molar-refractivity contribution < 1.29 is 22.3 Å². The van der Waals surface area contributed by atoms with Gasteiger partial charge in [0.25, 0.3) is 0 Å². The maximum absolute atomic E-state index is 13.9. The van der Waals surface area contributed by atoms with Crippen LogP contribution in [-0.4, -0.2) is 40.8 Å². The third-order valence-corrected chi connectivity index (χ3v) is 5.03. The molecule has 1 amide bonds. The number of hydrogen-bond acceptors (Lipinski definition) is 4. The van der Waals surface area contributed by atoms with E-state index in [2.05, 4.69) is 5.32 Å². The van der Waals surface area contributed by atoms with Crippen LogP contribution in [0, 0.1) is 5.82 Å². The highest BCUT2D eigenvalue weighted by Gasteiger charge is 2.23. The molecule has 0 aliphatic heterocycles. The Bertz CT molecular complexity index is 887. The zero-order valence-electron chi connectivity index (χ0n) is 15.3. The Labute approximate surface area is 159 Å². The monoisotopic (exact) mass is 394 g/mol. The minimum atomic E-state index is -3.80. The molecule has 0 bridgehead atoms. The molecule has 0 aromatic heterocycles. The smallest absolute Gasteiger partial charge is 0.240 e. The molecule has 27 heavy (non-hydrogen) atoms. The Hall–Kier alpha value is -2.61. The van der Waals surface area contributed by atoms with Crippen molar-refractivity contribution in [3.8, 4) is 5.75 Å². The van der Waals surface area contributed by atoms with Gasteiger partial charge in [0.2, 0.25) is 15.9 Å². The van der Waals surface area contributed by atoms with E-state index in [-0.39, 0.29) is 5.69 Å². The molecule has 0 heterocycles. The minimum Gasteiger partial charge on any atom is -0.497 e. The Morgan fingerprint density at radius 1 is 1.19 bits per heavy atom. The summed E-state index contributed by atoms with van der Waals surface area (Å²) in [4.78, 5) is 12.1. The molecule has 0 saturated carbocycles. The average Bonchev–Trinajstić information content (AvgIpc) is 2.63. The Morgan fingerprint density at radius 2 is 1.93 bits per heavy atom. The van der Waals surface area contributed by atoms with Crippen LogP contribution in [0.2, 0.25) is 0 Å². The zero-order valence-corrected chi connectivity index (χ0v) is 16.1. The van der Waals surface area contributed by atoms with Crippen molar-refractivity contribution in [3.05, 3.63) is 59.9 Å². The van der Waals surface area contributed by atoms with Crippen molar-refractivity contribution in [2.24, 2.45) is 0 Å². The number of anilines is 1. The lowest BCUT2D eigenvalue weighted by Gasteiger charge is -2.22. The molecular weight excluding hydrogens is 371 g/mol. The number of sulfonamides is 1. The highest BCUT2D eigenvalue weighted by molar-refractivity contribution is 7.92. The van der Waals surface area contributed by atoms with Crippen LogP contribution in [0.25, 0.3) is 0 Å². The first-order valence-electron chi connectivity index (χ1n) is 8.43. The Morgan fingerprint density at radius 3 is 2.59 bits per heavy atom. The topological polar surface area (TPSA) is 75.7 Å². The quantitative estimate of drug-likeness (QED) is 0.663. The molecule has 0 saturated heterocycles. The zero-order chi connectivity index (χ0) is 19.9. The summed E-state index contributed by atoms with van der Waals surface area (Å²) in [7, 11) is -2.20. The summed E-state index contributed by atoms with van der Waals surface area (Å²) < 4.78 is 43.8. The van der Waals surface area contributed by atoms with Gasteiger partial charge in [-0.2, -0.15) is 0 Å².